The Hall–Kier alpha value is -1.63. The van der Waals surface area contributed by atoms with Gasteiger partial charge in [-0.2, -0.15) is 0 Å². The lowest BCUT2D eigenvalue weighted by atomic mass is 10.0. The van der Waals surface area contributed by atoms with Crippen molar-refractivity contribution in [1.82, 2.24) is 30.3 Å². The highest BCUT2D eigenvalue weighted by atomic mass is 15.3. The molecule has 0 spiro atoms. The first-order chi connectivity index (χ1) is 12.3. The summed E-state index contributed by atoms with van der Waals surface area (Å²) in [6.07, 6.45) is 7.55. The monoisotopic (exact) mass is 347 g/mol. The van der Waals surface area contributed by atoms with Crippen LogP contribution in [0.3, 0.4) is 0 Å². The average Bonchev–Trinajstić information content (AvgIpc) is 3.24. The first-order valence-corrected chi connectivity index (χ1v) is 9.99. The second-order valence-corrected chi connectivity index (χ2v) is 7.00. The first kappa shape index (κ1) is 18.2. The minimum atomic E-state index is 0.587. The predicted molar refractivity (Wildman–Crippen MR) is 101 cm³/mol. The molecule has 2 aliphatic rings. The summed E-state index contributed by atoms with van der Waals surface area (Å²) in [6.45, 7) is 10.1. The highest BCUT2D eigenvalue weighted by Gasteiger charge is 2.20. The summed E-state index contributed by atoms with van der Waals surface area (Å²) in [7, 11) is 0. The maximum atomic E-state index is 4.71. The number of likely N-dealkylation sites (tertiary alicyclic amines) is 1. The van der Waals surface area contributed by atoms with Crippen LogP contribution in [0.25, 0.3) is 0 Å². The van der Waals surface area contributed by atoms with Gasteiger partial charge in [0.25, 0.3) is 0 Å². The number of aromatic nitrogens is 3. The van der Waals surface area contributed by atoms with E-state index in [2.05, 4.69) is 44.1 Å². The van der Waals surface area contributed by atoms with E-state index in [1.54, 1.807) is 0 Å². The van der Waals surface area contributed by atoms with Crippen LogP contribution in [-0.2, 0) is 19.5 Å². The molecule has 0 radical (unpaired) electrons. The lowest BCUT2D eigenvalue weighted by Gasteiger charge is -2.35. The fraction of sp³-hybridized carbons (Fsp3) is 0.833. The van der Waals surface area contributed by atoms with Gasteiger partial charge in [0.05, 0.1) is 0 Å². The van der Waals surface area contributed by atoms with Crippen molar-refractivity contribution in [2.24, 2.45) is 4.99 Å². The SMILES string of the molecule is CCNC(=NCc1nnc2n1CCC2)NCCN1CCCCC1CC. The number of nitrogens with one attached hydrogen (secondary N) is 2. The van der Waals surface area contributed by atoms with E-state index in [0.717, 1.165) is 56.3 Å². The minimum Gasteiger partial charge on any atom is -0.357 e. The molecule has 0 amide bonds. The van der Waals surface area contributed by atoms with Crippen molar-refractivity contribution >= 4 is 5.96 Å². The lowest BCUT2D eigenvalue weighted by molar-refractivity contribution is 0.147. The molecular formula is C18H33N7. The average molecular weight is 348 g/mol. The maximum Gasteiger partial charge on any atom is 0.191 e. The number of guanidine groups is 1. The third-order valence-corrected chi connectivity index (χ3v) is 5.32. The van der Waals surface area contributed by atoms with Crippen molar-refractivity contribution < 1.29 is 0 Å². The zero-order chi connectivity index (χ0) is 17.5. The molecule has 7 heteroatoms. The number of piperidine rings is 1. The first-order valence-electron chi connectivity index (χ1n) is 9.99. The van der Waals surface area contributed by atoms with Crippen LogP contribution >= 0.6 is 0 Å². The van der Waals surface area contributed by atoms with E-state index in [-0.39, 0.29) is 0 Å². The molecule has 2 N–H and O–H groups in total. The van der Waals surface area contributed by atoms with Crippen LogP contribution in [0.15, 0.2) is 4.99 Å². The molecule has 1 atom stereocenters. The van der Waals surface area contributed by atoms with Gasteiger partial charge in [-0.1, -0.05) is 13.3 Å². The van der Waals surface area contributed by atoms with Gasteiger partial charge in [-0.05, 0) is 39.2 Å². The Morgan fingerprint density at radius 1 is 1.16 bits per heavy atom. The molecular weight excluding hydrogens is 314 g/mol. The second-order valence-electron chi connectivity index (χ2n) is 7.00. The van der Waals surface area contributed by atoms with E-state index < -0.39 is 0 Å². The molecule has 0 bridgehead atoms. The Morgan fingerprint density at radius 2 is 2.08 bits per heavy atom. The van der Waals surface area contributed by atoms with Gasteiger partial charge in [0.2, 0.25) is 0 Å². The van der Waals surface area contributed by atoms with E-state index in [1.807, 2.05) is 0 Å². The Kier molecular flexibility index (Phi) is 6.67. The quantitative estimate of drug-likeness (QED) is 0.578. The zero-order valence-electron chi connectivity index (χ0n) is 15.8. The van der Waals surface area contributed by atoms with Crippen LogP contribution in [0.5, 0.6) is 0 Å². The maximum absolute atomic E-state index is 4.71. The molecule has 7 nitrogen and oxygen atoms in total. The van der Waals surface area contributed by atoms with E-state index >= 15 is 0 Å². The minimum absolute atomic E-state index is 0.587. The number of hydrogen-bond acceptors (Lipinski definition) is 4. The number of fused-ring (bicyclic) bond motifs is 1. The summed E-state index contributed by atoms with van der Waals surface area (Å²) in [6, 6.07) is 0.758. The van der Waals surface area contributed by atoms with Crippen molar-refractivity contribution in [2.75, 3.05) is 26.2 Å². The Labute approximate surface area is 151 Å². The number of rotatable bonds is 7. The smallest absolute Gasteiger partial charge is 0.191 e. The van der Waals surface area contributed by atoms with Crippen molar-refractivity contribution in [3.63, 3.8) is 0 Å². The van der Waals surface area contributed by atoms with Crippen LogP contribution in [0.1, 0.15) is 57.6 Å². The summed E-state index contributed by atoms with van der Waals surface area (Å²) in [5.41, 5.74) is 0. The van der Waals surface area contributed by atoms with Gasteiger partial charge in [0, 0.05) is 38.6 Å². The fourth-order valence-electron chi connectivity index (χ4n) is 3.95. The number of hydrogen-bond donors (Lipinski definition) is 2. The molecule has 1 unspecified atom stereocenters. The largest absolute Gasteiger partial charge is 0.357 e. The van der Waals surface area contributed by atoms with E-state index in [1.165, 1.54) is 38.6 Å². The number of nitrogens with zero attached hydrogens (tertiary/aromatic N) is 5. The van der Waals surface area contributed by atoms with Gasteiger partial charge >= 0.3 is 0 Å². The molecule has 140 valence electrons. The molecule has 2 aliphatic heterocycles. The van der Waals surface area contributed by atoms with Gasteiger partial charge in [-0.25, -0.2) is 4.99 Å². The van der Waals surface area contributed by atoms with Gasteiger partial charge in [-0.15, -0.1) is 10.2 Å². The van der Waals surface area contributed by atoms with Crippen molar-refractivity contribution in [3.05, 3.63) is 11.6 Å². The van der Waals surface area contributed by atoms with Crippen LogP contribution in [-0.4, -0.2) is 57.8 Å². The van der Waals surface area contributed by atoms with E-state index in [4.69, 9.17) is 4.99 Å². The topological polar surface area (TPSA) is 70.4 Å². The summed E-state index contributed by atoms with van der Waals surface area (Å²) >= 11 is 0. The lowest BCUT2D eigenvalue weighted by Crippen LogP contribution is -2.45. The summed E-state index contributed by atoms with van der Waals surface area (Å²) in [4.78, 5) is 7.34. The third kappa shape index (κ3) is 4.71. The zero-order valence-corrected chi connectivity index (χ0v) is 15.8. The summed E-state index contributed by atoms with van der Waals surface area (Å²) < 4.78 is 2.21. The molecule has 1 aromatic heterocycles. The Balaban J connectivity index is 1.50. The second kappa shape index (κ2) is 9.17. The van der Waals surface area contributed by atoms with Crippen LogP contribution < -0.4 is 10.6 Å². The molecule has 3 heterocycles. The predicted octanol–water partition coefficient (Wildman–Crippen LogP) is 1.54. The molecule has 1 fully saturated rings. The van der Waals surface area contributed by atoms with Gasteiger partial charge in [0.1, 0.15) is 12.4 Å². The van der Waals surface area contributed by atoms with Crippen molar-refractivity contribution in [3.8, 4) is 0 Å². The van der Waals surface area contributed by atoms with E-state index in [9.17, 15) is 0 Å². The van der Waals surface area contributed by atoms with Gasteiger partial charge in [-0.3, -0.25) is 4.90 Å². The van der Waals surface area contributed by atoms with Crippen molar-refractivity contribution in [1.29, 1.82) is 0 Å². The summed E-state index contributed by atoms with van der Waals surface area (Å²) in [5, 5.41) is 15.4. The highest BCUT2D eigenvalue weighted by Crippen LogP contribution is 2.18. The molecule has 1 aromatic rings. The van der Waals surface area contributed by atoms with Crippen molar-refractivity contribution in [2.45, 2.75) is 71.5 Å². The van der Waals surface area contributed by atoms with Gasteiger partial charge in [0.15, 0.2) is 11.8 Å². The molecule has 1 saturated heterocycles. The highest BCUT2D eigenvalue weighted by molar-refractivity contribution is 5.79. The fourth-order valence-corrected chi connectivity index (χ4v) is 3.95. The molecule has 3 rings (SSSR count). The summed E-state index contributed by atoms with van der Waals surface area (Å²) in [5.74, 6) is 2.97. The molecule has 0 aromatic carbocycles. The number of aryl methyl sites for hydroxylation is 1. The molecule has 25 heavy (non-hydrogen) atoms. The molecule has 0 aliphatic carbocycles. The normalized spacial score (nSPS) is 21.4. The van der Waals surface area contributed by atoms with Gasteiger partial charge < -0.3 is 15.2 Å². The van der Waals surface area contributed by atoms with Crippen LogP contribution in [0.2, 0.25) is 0 Å². The van der Waals surface area contributed by atoms with Crippen LogP contribution in [0, 0.1) is 0 Å². The third-order valence-electron chi connectivity index (χ3n) is 5.32. The van der Waals surface area contributed by atoms with Crippen LogP contribution in [0.4, 0.5) is 0 Å². The Bertz CT molecular complexity index is 566. The standard InChI is InChI=1S/C18H33N7/c1-3-15-8-5-6-11-24(15)13-10-20-18(19-4-2)21-14-17-23-22-16-9-7-12-25(16)17/h15H,3-14H2,1-2H3,(H2,19,20,21). The number of aliphatic imine (C=N–C) groups is 1. The Morgan fingerprint density at radius 3 is 2.92 bits per heavy atom. The molecule has 0 saturated carbocycles. The van der Waals surface area contributed by atoms with E-state index in [0.29, 0.717) is 6.54 Å².